The van der Waals surface area contributed by atoms with Gasteiger partial charge in [0.05, 0.1) is 12.8 Å². The number of oxime groups is 1. The van der Waals surface area contributed by atoms with E-state index < -0.39 is 0 Å². The van der Waals surface area contributed by atoms with Crippen LogP contribution in [0.4, 0.5) is 0 Å². The molecular weight excluding hydrogens is 256 g/mol. The Morgan fingerprint density at radius 2 is 2.30 bits per heavy atom. The number of nitrogens with zero attached hydrogens (tertiary/aromatic N) is 3. The van der Waals surface area contributed by atoms with Gasteiger partial charge in [0.15, 0.2) is 0 Å². The maximum Gasteiger partial charge on any atom is 0.140 e. The number of ether oxygens (including phenoxy) is 1. The van der Waals surface area contributed by atoms with Crippen LogP contribution in [-0.2, 0) is 6.54 Å². The van der Waals surface area contributed by atoms with Gasteiger partial charge >= 0.3 is 0 Å². The highest BCUT2D eigenvalue weighted by atomic mass is 16.5. The molecule has 1 heterocycles. The van der Waals surface area contributed by atoms with Crippen LogP contribution in [0.25, 0.3) is 0 Å². The third-order valence-electron chi connectivity index (χ3n) is 3.43. The standard InChI is InChI=1S/C14H22N4O2/c1-10-7-13(20-2)8-11(16-10)9-18(12-3-4-12)6-5-14(15)17-19/h7-8,12,19H,3-6,9H2,1-2H3,(H2,15,17). The van der Waals surface area contributed by atoms with Crippen LogP contribution in [-0.4, -0.2) is 40.6 Å². The average Bonchev–Trinajstić information content (AvgIpc) is 3.26. The quantitative estimate of drug-likeness (QED) is 0.342. The Hall–Kier alpha value is -1.82. The van der Waals surface area contributed by atoms with Gasteiger partial charge in [0.2, 0.25) is 0 Å². The van der Waals surface area contributed by atoms with E-state index in [1.807, 2.05) is 19.1 Å². The van der Waals surface area contributed by atoms with E-state index in [0.29, 0.717) is 12.5 Å². The van der Waals surface area contributed by atoms with Crippen molar-refractivity contribution in [3.63, 3.8) is 0 Å². The van der Waals surface area contributed by atoms with Crippen molar-refractivity contribution in [2.75, 3.05) is 13.7 Å². The van der Waals surface area contributed by atoms with Gasteiger partial charge in [-0.05, 0) is 19.8 Å². The number of aryl methyl sites for hydroxylation is 1. The van der Waals surface area contributed by atoms with Crippen molar-refractivity contribution in [1.82, 2.24) is 9.88 Å². The van der Waals surface area contributed by atoms with Crippen LogP contribution in [0.3, 0.4) is 0 Å². The van der Waals surface area contributed by atoms with Gasteiger partial charge in [0.1, 0.15) is 11.6 Å². The van der Waals surface area contributed by atoms with Gasteiger partial charge < -0.3 is 15.7 Å². The zero-order valence-electron chi connectivity index (χ0n) is 12.0. The van der Waals surface area contributed by atoms with E-state index in [1.165, 1.54) is 12.8 Å². The first kappa shape index (κ1) is 14.6. The van der Waals surface area contributed by atoms with Crippen LogP contribution in [0.1, 0.15) is 30.7 Å². The van der Waals surface area contributed by atoms with Crippen LogP contribution in [0.15, 0.2) is 17.3 Å². The van der Waals surface area contributed by atoms with E-state index in [2.05, 4.69) is 15.0 Å². The van der Waals surface area contributed by atoms with Gasteiger partial charge in [-0.15, -0.1) is 0 Å². The molecule has 1 fully saturated rings. The normalized spacial score (nSPS) is 15.7. The molecule has 1 aliphatic rings. The lowest BCUT2D eigenvalue weighted by molar-refractivity contribution is 0.256. The van der Waals surface area contributed by atoms with Crippen molar-refractivity contribution in [3.8, 4) is 5.75 Å². The highest BCUT2D eigenvalue weighted by Gasteiger charge is 2.29. The summed E-state index contributed by atoms with van der Waals surface area (Å²) in [6.45, 7) is 3.50. The minimum atomic E-state index is 0.269. The van der Waals surface area contributed by atoms with Crippen LogP contribution in [0.5, 0.6) is 5.75 Å². The minimum absolute atomic E-state index is 0.269. The van der Waals surface area contributed by atoms with Crippen molar-refractivity contribution < 1.29 is 9.94 Å². The second-order valence-electron chi connectivity index (χ2n) is 5.18. The van der Waals surface area contributed by atoms with Gasteiger partial charge in [-0.1, -0.05) is 5.16 Å². The number of amidine groups is 1. The van der Waals surface area contributed by atoms with E-state index in [0.717, 1.165) is 30.2 Å². The molecule has 0 aromatic carbocycles. The third kappa shape index (κ3) is 4.09. The predicted molar refractivity (Wildman–Crippen MR) is 77.0 cm³/mol. The topological polar surface area (TPSA) is 84.0 Å². The molecule has 0 spiro atoms. The molecule has 110 valence electrons. The van der Waals surface area contributed by atoms with Crippen molar-refractivity contribution in [2.24, 2.45) is 10.9 Å². The van der Waals surface area contributed by atoms with Gasteiger partial charge in [-0.25, -0.2) is 0 Å². The Kier molecular flexibility index (Phi) is 4.79. The Labute approximate surface area is 119 Å². The molecule has 0 atom stereocenters. The molecule has 1 aromatic heterocycles. The van der Waals surface area contributed by atoms with Gasteiger partial charge in [0.25, 0.3) is 0 Å². The molecule has 1 aromatic rings. The molecule has 1 aliphatic carbocycles. The van der Waals surface area contributed by atoms with Crippen molar-refractivity contribution in [1.29, 1.82) is 0 Å². The zero-order chi connectivity index (χ0) is 14.5. The summed E-state index contributed by atoms with van der Waals surface area (Å²) in [7, 11) is 1.66. The Balaban J connectivity index is 2.02. The summed E-state index contributed by atoms with van der Waals surface area (Å²) >= 11 is 0. The largest absolute Gasteiger partial charge is 0.497 e. The molecule has 6 nitrogen and oxygen atoms in total. The Morgan fingerprint density at radius 3 is 2.90 bits per heavy atom. The lowest BCUT2D eigenvalue weighted by atomic mass is 10.2. The molecular formula is C14H22N4O2. The Morgan fingerprint density at radius 1 is 1.55 bits per heavy atom. The predicted octanol–water partition coefficient (Wildman–Crippen LogP) is 1.50. The summed E-state index contributed by atoms with van der Waals surface area (Å²) in [5.74, 6) is 1.10. The van der Waals surface area contributed by atoms with Gasteiger partial charge in [-0.2, -0.15) is 0 Å². The fraction of sp³-hybridized carbons (Fsp3) is 0.571. The lowest BCUT2D eigenvalue weighted by Gasteiger charge is -2.21. The van der Waals surface area contributed by atoms with Crippen LogP contribution in [0.2, 0.25) is 0 Å². The highest BCUT2D eigenvalue weighted by Crippen LogP contribution is 2.28. The first-order valence-corrected chi connectivity index (χ1v) is 6.84. The molecule has 1 saturated carbocycles. The van der Waals surface area contributed by atoms with E-state index in [-0.39, 0.29) is 5.84 Å². The summed E-state index contributed by atoms with van der Waals surface area (Å²) in [6, 6.07) is 4.47. The van der Waals surface area contributed by atoms with E-state index in [9.17, 15) is 0 Å². The maximum atomic E-state index is 8.61. The number of rotatable bonds is 7. The second kappa shape index (κ2) is 6.56. The van der Waals surface area contributed by atoms with Crippen LogP contribution < -0.4 is 10.5 Å². The summed E-state index contributed by atoms with van der Waals surface area (Å²) in [5.41, 5.74) is 7.49. The van der Waals surface area contributed by atoms with E-state index >= 15 is 0 Å². The molecule has 0 radical (unpaired) electrons. The van der Waals surface area contributed by atoms with Crippen LogP contribution in [0, 0.1) is 6.92 Å². The maximum absolute atomic E-state index is 8.61. The number of hydrogen-bond acceptors (Lipinski definition) is 5. The number of pyridine rings is 1. The van der Waals surface area contributed by atoms with Gasteiger partial charge in [-0.3, -0.25) is 9.88 Å². The highest BCUT2D eigenvalue weighted by molar-refractivity contribution is 5.79. The van der Waals surface area contributed by atoms with E-state index in [4.69, 9.17) is 15.7 Å². The molecule has 2 rings (SSSR count). The minimum Gasteiger partial charge on any atom is -0.497 e. The zero-order valence-corrected chi connectivity index (χ0v) is 12.0. The fourth-order valence-corrected chi connectivity index (χ4v) is 2.25. The van der Waals surface area contributed by atoms with E-state index in [1.54, 1.807) is 7.11 Å². The smallest absolute Gasteiger partial charge is 0.140 e. The van der Waals surface area contributed by atoms with Crippen LogP contribution >= 0.6 is 0 Å². The molecule has 6 heteroatoms. The van der Waals surface area contributed by atoms with Crippen molar-refractivity contribution >= 4 is 5.84 Å². The molecule has 20 heavy (non-hydrogen) atoms. The first-order chi connectivity index (χ1) is 9.62. The summed E-state index contributed by atoms with van der Waals surface area (Å²) in [5, 5.41) is 11.6. The molecule has 3 N–H and O–H groups in total. The Bertz CT molecular complexity index is 486. The molecule has 0 amide bonds. The average molecular weight is 278 g/mol. The molecule has 0 aliphatic heterocycles. The molecule has 0 bridgehead atoms. The molecule has 0 saturated heterocycles. The number of methoxy groups -OCH3 is 1. The number of nitrogens with two attached hydrogens (primary N) is 1. The summed E-state index contributed by atoms with van der Waals surface area (Å²) in [4.78, 5) is 6.88. The summed E-state index contributed by atoms with van der Waals surface area (Å²) in [6.07, 6.45) is 2.98. The number of aromatic nitrogens is 1. The summed E-state index contributed by atoms with van der Waals surface area (Å²) < 4.78 is 5.28. The van der Waals surface area contributed by atoms with Crippen molar-refractivity contribution in [3.05, 3.63) is 23.5 Å². The number of hydrogen-bond donors (Lipinski definition) is 2. The fourth-order valence-electron chi connectivity index (χ4n) is 2.25. The first-order valence-electron chi connectivity index (χ1n) is 6.84. The third-order valence-corrected chi connectivity index (χ3v) is 3.43. The lowest BCUT2D eigenvalue weighted by Crippen LogP contribution is -2.30. The van der Waals surface area contributed by atoms with Gasteiger partial charge in [0, 0.05) is 43.4 Å². The van der Waals surface area contributed by atoms with Crippen molar-refractivity contribution in [2.45, 2.75) is 38.8 Å². The second-order valence-corrected chi connectivity index (χ2v) is 5.18. The SMILES string of the molecule is COc1cc(C)nc(CN(CC/C(N)=N/O)C2CC2)c1. The molecule has 0 unspecified atom stereocenters. The monoisotopic (exact) mass is 278 g/mol.